The van der Waals surface area contributed by atoms with Gasteiger partial charge in [0.05, 0.1) is 17.0 Å². The molecule has 10 heteroatoms. The van der Waals surface area contributed by atoms with Gasteiger partial charge in [-0.15, -0.1) is 36.2 Å². The Kier molecular flexibility index (Phi) is 8.70. The molecule has 0 saturated carbocycles. The van der Waals surface area contributed by atoms with Crippen LogP contribution in [0, 0.1) is 0 Å². The smallest absolute Gasteiger partial charge is 0.244 e. The monoisotopic (exact) mass is 447 g/mol. The molecule has 1 N–H and O–H groups in total. The molecule has 0 aromatic carbocycles. The second-order valence-electron chi connectivity index (χ2n) is 6.97. The quantitative estimate of drug-likeness (QED) is 0.775. The fourth-order valence-corrected chi connectivity index (χ4v) is 4.33. The lowest BCUT2D eigenvalue weighted by Crippen LogP contribution is -2.55. The van der Waals surface area contributed by atoms with Crippen molar-refractivity contribution in [2.75, 3.05) is 32.7 Å². The van der Waals surface area contributed by atoms with Gasteiger partial charge in [0.25, 0.3) is 0 Å². The number of carbonyl (C=O) groups is 1. The van der Waals surface area contributed by atoms with Gasteiger partial charge in [-0.2, -0.15) is 4.98 Å². The van der Waals surface area contributed by atoms with Crippen molar-refractivity contribution in [2.45, 2.75) is 38.3 Å². The van der Waals surface area contributed by atoms with Crippen LogP contribution in [0.15, 0.2) is 22.0 Å². The molecule has 0 bridgehead atoms. The molecular formula is C18H27Cl2N5O2S. The standard InChI is InChI=1S/C18H25N5O2S.2ClH/c1-13(17-20-16(21-25-17)15-6-4-12-26-15)22-8-10-23(11-9-22)18(24)14-5-2-3-7-19-14;;/h4,6,12-14,19H,2-3,5,7-11H2,1H3;2*1H/t13?,14-;;/m1../s1. The van der Waals surface area contributed by atoms with Crippen LogP contribution < -0.4 is 5.32 Å². The molecule has 4 heterocycles. The summed E-state index contributed by atoms with van der Waals surface area (Å²) in [5, 5.41) is 9.46. The predicted molar refractivity (Wildman–Crippen MR) is 114 cm³/mol. The number of rotatable bonds is 4. The third-order valence-electron chi connectivity index (χ3n) is 5.32. The van der Waals surface area contributed by atoms with Gasteiger partial charge >= 0.3 is 0 Å². The first-order valence-electron chi connectivity index (χ1n) is 9.36. The van der Waals surface area contributed by atoms with Crippen molar-refractivity contribution in [3.8, 4) is 10.7 Å². The van der Waals surface area contributed by atoms with Crippen LogP contribution in [0.3, 0.4) is 0 Å². The Morgan fingerprint density at radius 3 is 2.71 bits per heavy atom. The highest BCUT2D eigenvalue weighted by Gasteiger charge is 2.31. The van der Waals surface area contributed by atoms with Crippen LogP contribution >= 0.6 is 36.2 Å². The van der Waals surface area contributed by atoms with E-state index in [0.717, 1.165) is 50.4 Å². The molecule has 2 saturated heterocycles. The molecule has 156 valence electrons. The van der Waals surface area contributed by atoms with Gasteiger partial charge in [0.2, 0.25) is 17.6 Å². The van der Waals surface area contributed by atoms with E-state index in [1.54, 1.807) is 11.3 Å². The van der Waals surface area contributed by atoms with Crippen LogP contribution in [0.25, 0.3) is 10.7 Å². The fraction of sp³-hybridized carbons (Fsp3) is 0.611. The molecule has 2 fully saturated rings. The van der Waals surface area contributed by atoms with Crippen LogP contribution in [-0.2, 0) is 4.79 Å². The summed E-state index contributed by atoms with van der Waals surface area (Å²) in [6.45, 7) is 6.22. The van der Waals surface area contributed by atoms with Crippen molar-refractivity contribution in [1.29, 1.82) is 0 Å². The summed E-state index contributed by atoms with van der Waals surface area (Å²) < 4.78 is 5.49. The van der Waals surface area contributed by atoms with Crippen LogP contribution in [-0.4, -0.2) is 64.6 Å². The van der Waals surface area contributed by atoms with Crippen molar-refractivity contribution in [3.05, 3.63) is 23.4 Å². The molecule has 1 unspecified atom stereocenters. The number of amides is 1. The van der Waals surface area contributed by atoms with E-state index in [1.807, 2.05) is 22.4 Å². The molecule has 0 radical (unpaired) electrons. The Hall–Kier alpha value is -1.19. The van der Waals surface area contributed by atoms with E-state index in [4.69, 9.17) is 4.52 Å². The van der Waals surface area contributed by atoms with Crippen molar-refractivity contribution in [2.24, 2.45) is 0 Å². The SMILES string of the molecule is CC(c1nc(-c2cccs2)no1)N1CCN(C(=O)[C@H]2CCCCN2)CC1.Cl.Cl. The highest BCUT2D eigenvalue weighted by Crippen LogP contribution is 2.26. The van der Waals surface area contributed by atoms with Crippen LogP contribution in [0.2, 0.25) is 0 Å². The van der Waals surface area contributed by atoms with Gasteiger partial charge in [-0.1, -0.05) is 17.6 Å². The summed E-state index contributed by atoms with van der Waals surface area (Å²) in [7, 11) is 0. The van der Waals surface area contributed by atoms with Crippen molar-refractivity contribution in [1.82, 2.24) is 25.3 Å². The summed E-state index contributed by atoms with van der Waals surface area (Å²) in [5.41, 5.74) is 0. The maximum absolute atomic E-state index is 12.6. The van der Waals surface area contributed by atoms with Gasteiger partial charge in [-0.3, -0.25) is 9.69 Å². The Morgan fingerprint density at radius 1 is 1.29 bits per heavy atom. The van der Waals surface area contributed by atoms with E-state index in [0.29, 0.717) is 11.7 Å². The molecule has 1 amide bonds. The first-order chi connectivity index (χ1) is 12.7. The Labute approximate surface area is 181 Å². The van der Waals surface area contributed by atoms with E-state index in [-0.39, 0.29) is 42.8 Å². The maximum Gasteiger partial charge on any atom is 0.244 e. The third-order valence-corrected chi connectivity index (χ3v) is 6.19. The van der Waals surface area contributed by atoms with Gasteiger partial charge in [0.15, 0.2) is 0 Å². The van der Waals surface area contributed by atoms with Crippen LogP contribution in [0.1, 0.15) is 38.1 Å². The third kappa shape index (κ3) is 5.04. The highest BCUT2D eigenvalue weighted by molar-refractivity contribution is 7.13. The van der Waals surface area contributed by atoms with Gasteiger partial charge in [0.1, 0.15) is 0 Å². The van der Waals surface area contributed by atoms with Gasteiger partial charge in [0, 0.05) is 26.2 Å². The molecule has 7 nitrogen and oxygen atoms in total. The van der Waals surface area contributed by atoms with Gasteiger partial charge in [-0.05, 0) is 37.8 Å². The van der Waals surface area contributed by atoms with Crippen LogP contribution in [0.5, 0.6) is 0 Å². The van der Waals surface area contributed by atoms with E-state index in [2.05, 4.69) is 27.3 Å². The molecule has 2 aliphatic rings. The van der Waals surface area contributed by atoms with E-state index in [1.165, 1.54) is 6.42 Å². The largest absolute Gasteiger partial charge is 0.339 e. The molecule has 0 spiro atoms. The number of carbonyl (C=O) groups excluding carboxylic acids is 1. The van der Waals surface area contributed by atoms with Crippen molar-refractivity contribution < 1.29 is 9.32 Å². The predicted octanol–water partition coefficient (Wildman–Crippen LogP) is 2.99. The second-order valence-corrected chi connectivity index (χ2v) is 7.92. The van der Waals surface area contributed by atoms with Crippen LogP contribution in [0.4, 0.5) is 0 Å². The minimum atomic E-state index is 0. The molecule has 2 aromatic rings. The first-order valence-corrected chi connectivity index (χ1v) is 10.2. The molecular weight excluding hydrogens is 421 g/mol. The number of nitrogens with zero attached hydrogens (tertiary/aromatic N) is 4. The molecule has 28 heavy (non-hydrogen) atoms. The number of piperidine rings is 1. The van der Waals surface area contributed by atoms with E-state index < -0.39 is 0 Å². The average Bonchev–Trinajstić information content (AvgIpc) is 3.39. The number of halogens is 2. The molecule has 4 rings (SSSR count). The molecule has 2 aromatic heterocycles. The average molecular weight is 448 g/mol. The number of thiophene rings is 1. The molecule has 2 aliphatic heterocycles. The molecule has 0 aliphatic carbocycles. The lowest BCUT2D eigenvalue weighted by molar-refractivity contribution is -0.136. The summed E-state index contributed by atoms with van der Waals surface area (Å²) in [6, 6.07) is 4.04. The Morgan fingerprint density at radius 2 is 2.07 bits per heavy atom. The zero-order valence-corrected chi connectivity index (χ0v) is 18.3. The summed E-state index contributed by atoms with van der Waals surface area (Å²) in [5.74, 6) is 1.55. The lowest BCUT2D eigenvalue weighted by Gasteiger charge is -2.38. The Balaban J connectivity index is 0.00000140. The number of hydrogen-bond donors (Lipinski definition) is 1. The zero-order valence-electron chi connectivity index (χ0n) is 15.9. The van der Waals surface area contributed by atoms with Gasteiger partial charge in [-0.25, -0.2) is 0 Å². The topological polar surface area (TPSA) is 74.5 Å². The fourth-order valence-electron chi connectivity index (χ4n) is 3.68. The van der Waals surface area contributed by atoms with E-state index in [9.17, 15) is 4.79 Å². The number of nitrogens with one attached hydrogen (secondary N) is 1. The normalized spacial score (nSPS) is 21.5. The summed E-state index contributed by atoms with van der Waals surface area (Å²) in [4.78, 5) is 22.5. The van der Waals surface area contributed by atoms with E-state index >= 15 is 0 Å². The summed E-state index contributed by atoms with van der Waals surface area (Å²) in [6.07, 6.45) is 3.28. The lowest BCUT2D eigenvalue weighted by atomic mass is 10.0. The minimum absolute atomic E-state index is 0. The molecule has 2 atom stereocenters. The summed E-state index contributed by atoms with van der Waals surface area (Å²) >= 11 is 1.60. The first kappa shape index (κ1) is 23.1. The van der Waals surface area contributed by atoms with Gasteiger partial charge < -0.3 is 14.7 Å². The minimum Gasteiger partial charge on any atom is -0.339 e. The number of aromatic nitrogens is 2. The van der Waals surface area contributed by atoms with Crippen molar-refractivity contribution in [3.63, 3.8) is 0 Å². The second kappa shape index (κ2) is 10.5. The number of piperazine rings is 1. The Bertz CT molecular complexity index is 728. The zero-order chi connectivity index (χ0) is 17.9. The van der Waals surface area contributed by atoms with Crippen molar-refractivity contribution >= 4 is 42.1 Å². The highest BCUT2D eigenvalue weighted by atomic mass is 35.5. The number of hydrogen-bond acceptors (Lipinski definition) is 7. The maximum atomic E-state index is 12.6.